The lowest BCUT2D eigenvalue weighted by atomic mass is 10.2. The van der Waals surface area contributed by atoms with E-state index in [9.17, 15) is 4.79 Å². The molecule has 1 aliphatic rings. The van der Waals surface area contributed by atoms with Crippen molar-refractivity contribution in [2.75, 3.05) is 19.7 Å². The minimum absolute atomic E-state index is 0.402. The van der Waals surface area contributed by atoms with E-state index >= 15 is 0 Å². The van der Waals surface area contributed by atoms with Crippen LogP contribution in [0.1, 0.15) is 6.92 Å². The molecule has 4 heteroatoms. The Bertz CT molecular complexity index is 149. The Morgan fingerprint density at radius 2 is 2.36 bits per heavy atom. The van der Waals surface area contributed by atoms with Gasteiger partial charge < -0.3 is 15.2 Å². The quantitative estimate of drug-likeness (QED) is 0.551. The van der Waals surface area contributed by atoms with E-state index < -0.39 is 12.1 Å². The summed E-state index contributed by atoms with van der Waals surface area (Å²) in [7, 11) is 0. The molecule has 1 heterocycles. The number of hydrogen-bond acceptors (Lipinski definition) is 3. The highest BCUT2D eigenvalue weighted by Crippen LogP contribution is 2.02. The van der Waals surface area contributed by atoms with Crippen LogP contribution in [0.3, 0.4) is 0 Å². The van der Waals surface area contributed by atoms with Gasteiger partial charge in [-0.15, -0.1) is 0 Å². The Hall–Kier alpha value is -0.610. The lowest BCUT2D eigenvalue weighted by Gasteiger charge is -2.08. The van der Waals surface area contributed by atoms with E-state index in [4.69, 9.17) is 9.84 Å². The van der Waals surface area contributed by atoms with E-state index in [1.54, 1.807) is 0 Å². The molecule has 11 heavy (non-hydrogen) atoms. The standard InChI is InChI=1S/C7H13NO3/c1-5-2-8-3-6(7(9)10)11-4-5/h5-6,8H,2-4H2,1H3,(H,9,10)/t5?,6-/m0/s1. The molecule has 0 aliphatic carbocycles. The van der Waals surface area contributed by atoms with Crippen LogP contribution >= 0.6 is 0 Å². The zero-order valence-corrected chi connectivity index (χ0v) is 6.54. The predicted molar refractivity (Wildman–Crippen MR) is 39.4 cm³/mol. The third kappa shape index (κ3) is 2.48. The Kier molecular flexibility index (Phi) is 2.84. The molecule has 1 saturated heterocycles. The van der Waals surface area contributed by atoms with Gasteiger partial charge in [0.25, 0.3) is 0 Å². The van der Waals surface area contributed by atoms with Crippen LogP contribution in [0, 0.1) is 5.92 Å². The van der Waals surface area contributed by atoms with Crippen LogP contribution in [0.15, 0.2) is 0 Å². The molecular weight excluding hydrogens is 146 g/mol. The maximum atomic E-state index is 10.4. The molecule has 2 atom stereocenters. The number of nitrogens with one attached hydrogen (secondary N) is 1. The first-order valence-electron chi connectivity index (χ1n) is 3.75. The van der Waals surface area contributed by atoms with Crippen molar-refractivity contribution >= 4 is 5.97 Å². The molecule has 0 aromatic rings. The minimum Gasteiger partial charge on any atom is -0.479 e. The molecule has 1 aliphatic heterocycles. The lowest BCUT2D eigenvalue weighted by Crippen LogP contribution is -2.33. The van der Waals surface area contributed by atoms with Gasteiger partial charge in [0.2, 0.25) is 0 Å². The monoisotopic (exact) mass is 159 g/mol. The van der Waals surface area contributed by atoms with Gasteiger partial charge in [-0.05, 0) is 5.92 Å². The molecule has 1 fully saturated rings. The molecule has 0 aromatic carbocycles. The van der Waals surface area contributed by atoms with E-state index in [1.807, 2.05) is 6.92 Å². The third-order valence-electron chi connectivity index (χ3n) is 1.68. The van der Waals surface area contributed by atoms with E-state index in [-0.39, 0.29) is 0 Å². The zero-order chi connectivity index (χ0) is 8.27. The van der Waals surface area contributed by atoms with Crippen molar-refractivity contribution in [3.05, 3.63) is 0 Å². The fraction of sp³-hybridized carbons (Fsp3) is 0.857. The smallest absolute Gasteiger partial charge is 0.334 e. The molecule has 1 unspecified atom stereocenters. The van der Waals surface area contributed by atoms with Crippen molar-refractivity contribution in [3.8, 4) is 0 Å². The first kappa shape index (κ1) is 8.49. The third-order valence-corrected chi connectivity index (χ3v) is 1.68. The maximum Gasteiger partial charge on any atom is 0.334 e. The van der Waals surface area contributed by atoms with Gasteiger partial charge in [0.05, 0.1) is 6.61 Å². The van der Waals surface area contributed by atoms with E-state index in [0.717, 1.165) is 6.54 Å². The molecule has 0 aromatic heterocycles. The van der Waals surface area contributed by atoms with Gasteiger partial charge in [-0.3, -0.25) is 0 Å². The summed E-state index contributed by atoms with van der Waals surface area (Å²) in [4.78, 5) is 10.4. The van der Waals surface area contributed by atoms with Crippen LogP contribution < -0.4 is 5.32 Å². The number of aliphatic carboxylic acids is 1. The second kappa shape index (κ2) is 3.69. The average Bonchev–Trinajstić information content (AvgIpc) is 2.13. The van der Waals surface area contributed by atoms with E-state index in [1.165, 1.54) is 0 Å². The van der Waals surface area contributed by atoms with Gasteiger partial charge in [0.1, 0.15) is 0 Å². The van der Waals surface area contributed by atoms with Crippen LogP contribution in [0.4, 0.5) is 0 Å². The van der Waals surface area contributed by atoms with Crippen LogP contribution in [-0.4, -0.2) is 36.9 Å². The summed E-state index contributed by atoms with van der Waals surface area (Å²) in [5.41, 5.74) is 0. The molecule has 0 amide bonds. The minimum atomic E-state index is -0.883. The Morgan fingerprint density at radius 1 is 1.64 bits per heavy atom. The molecule has 1 rings (SSSR count). The predicted octanol–water partition coefficient (Wildman–Crippen LogP) is -0.305. The van der Waals surface area contributed by atoms with Crippen molar-refractivity contribution in [2.45, 2.75) is 13.0 Å². The summed E-state index contributed by atoms with van der Waals surface area (Å²) < 4.78 is 5.11. The zero-order valence-electron chi connectivity index (χ0n) is 6.54. The molecular formula is C7H13NO3. The van der Waals surface area contributed by atoms with Gasteiger partial charge in [-0.2, -0.15) is 0 Å². The second-order valence-electron chi connectivity index (χ2n) is 2.92. The SMILES string of the molecule is CC1CNC[C@@H](C(=O)O)OC1. The van der Waals surface area contributed by atoms with Crippen LogP contribution in [0.2, 0.25) is 0 Å². The highest BCUT2D eigenvalue weighted by molar-refractivity contribution is 5.72. The molecule has 0 radical (unpaired) electrons. The first-order valence-corrected chi connectivity index (χ1v) is 3.75. The van der Waals surface area contributed by atoms with Gasteiger partial charge in [0.15, 0.2) is 6.10 Å². The number of carboxylic acids is 1. The number of carboxylic acid groups (broad SMARTS) is 1. The van der Waals surface area contributed by atoms with E-state index in [0.29, 0.717) is 19.1 Å². The summed E-state index contributed by atoms with van der Waals surface area (Å²) >= 11 is 0. The first-order chi connectivity index (χ1) is 5.20. The largest absolute Gasteiger partial charge is 0.479 e. The highest BCUT2D eigenvalue weighted by atomic mass is 16.5. The van der Waals surface area contributed by atoms with Gasteiger partial charge in [-0.25, -0.2) is 4.79 Å². The second-order valence-corrected chi connectivity index (χ2v) is 2.92. The fourth-order valence-corrected chi connectivity index (χ4v) is 1.02. The van der Waals surface area contributed by atoms with Crippen molar-refractivity contribution in [1.29, 1.82) is 0 Å². The number of rotatable bonds is 1. The maximum absolute atomic E-state index is 10.4. The lowest BCUT2D eigenvalue weighted by molar-refractivity contribution is -0.149. The molecule has 64 valence electrons. The average molecular weight is 159 g/mol. The normalized spacial score (nSPS) is 32.8. The summed E-state index contributed by atoms with van der Waals surface area (Å²) in [6.45, 7) is 3.81. The highest BCUT2D eigenvalue weighted by Gasteiger charge is 2.21. The molecule has 0 saturated carbocycles. The fourth-order valence-electron chi connectivity index (χ4n) is 1.02. The molecule has 4 nitrogen and oxygen atoms in total. The van der Waals surface area contributed by atoms with Gasteiger partial charge >= 0.3 is 5.97 Å². The Balaban J connectivity index is 2.40. The topological polar surface area (TPSA) is 58.6 Å². The van der Waals surface area contributed by atoms with Crippen LogP contribution in [0.25, 0.3) is 0 Å². The Labute approximate surface area is 65.5 Å². The Morgan fingerprint density at radius 3 is 3.00 bits per heavy atom. The summed E-state index contributed by atoms with van der Waals surface area (Å²) in [6, 6.07) is 0. The van der Waals surface area contributed by atoms with Gasteiger partial charge in [0, 0.05) is 13.1 Å². The van der Waals surface area contributed by atoms with Gasteiger partial charge in [-0.1, -0.05) is 6.92 Å². The van der Waals surface area contributed by atoms with Crippen molar-refractivity contribution < 1.29 is 14.6 Å². The van der Waals surface area contributed by atoms with Crippen molar-refractivity contribution in [2.24, 2.45) is 5.92 Å². The number of carbonyl (C=O) groups is 1. The summed E-state index contributed by atoms with van der Waals surface area (Å²) in [6.07, 6.45) is -0.667. The molecule has 0 spiro atoms. The summed E-state index contributed by atoms with van der Waals surface area (Å²) in [5, 5.41) is 11.6. The number of hydrogen-bond donors (Lipinski definition) is 2. The molecule has 0 bridgehead atoms. The van der Waals surface area contributed by atoms with Crippen molar-refractivity contribution in [1.82, 2.24) is 5.32 Å². The molecule has 2 N–H and O–H groups in total. The number of ether oxygens (including phenoxy) is 1. The van der Waals surface area contributed by atoms with Crippen LogP contribution in [0.5, 0.6) is 0 Å². The van der Waals surface area contributed by atoms with Crippen molar-refractivity contribution in [3.63, 3.8) is 0 Å². The summed E-state index contributed by atoms with van der Waals surface area (Å²) in [5.74, 6) is -0.481. The van der Waals surface area contributed by atoms with E-state index in [2.05, 4.69) is 5.32 Å². The van der Waals surface area contributed by atoms with Crippen LogP contribution in [-0.2, 0) is 9.53 Å².